The van der Waals surface area contributed by atoms with E-state index in [-0.39, 0.29) is 17.3 Å². The summed E-state index contributed by atoms with van der Waals surface area (Å²) >= 11 is 0. The standard InChI is InChI=1S/C32H41N3O5S/c1-7-29(31(37)33-32(4,5)6)34(22-25-15-13-12-14-24(25)3)30(36)23-35(26-18-20-27(21-19-26)40-8-2)41(38,39)28-16-10-9-11-17-28/h9-21,29H,7-8,22-23H2,1-6H3,(H,33,37). The van der Waals surface area contributed by atoms with Crippen LogP contribution in [0, 0.1) is 6.92 Å². The number of nitrogens with zero attached hydrogens (tertiary/aromatic N) is 2. The van der Waals surface area contributed by atoms with E-state index in [0.29, 0.717) is 24.5 Å². The summed E-state index contributed by atoms with van der Waals surface area (Å²) in [6, 6.07) is 21.4. The molecule has 0 fully saturated rings. The molecule has 0 radical (unpaired) electrons. The van der Waals surface area contributed by atoms with Crippen LogP contribution in [-0.2, 0) is 26.2 Å². The van der Waals surface area contributed by atoms with E-state index in [2.05, 4.69) is 5.32 Å². The van der Waals surface area contributed by atoms with Crippen molar-refractivity contribution in [3.05, 3.63) is 90.0 Å². The number of sulfonamides is 1. The SMILES string of the molecule is CCOc1ccc(N(CC(=O)N(Cc2ccccc2C)C(CC)C(=O)NC(C)(C)C)S(=O)(=O)c2ccccc2)cc1. The van der Waals surface area contributed by atoms with Crippen LogP contribution in [0.5, 0.6) is 5.75 Å². The minimum atomic E-state index is -4.13. The van der Waals surface area contributed by atoms with E-state index in [4.69, 9.17) is 4.74 Å². The third-order valence-electron chi connectivity index (χ3n) is 6.53. The lowest BCUT2D eigenvalue weighted by molar-refractivity contribution is -0.141. The fourth-order valence-electron chi connectivity index (χ4n) is 4.47. The Morgan fingerprint density at radius 2 is 1.51 bits per heavy atom. The number of hydrogen-bond acceptors (Lipinski definition) is 5. The molecule has 9 heteroatoms. The molecular weight excluding hydrogens is 538 g/mol. The summed E-state index contributed by atoms with van der Waals surface area (Å²) in [6.45, 7) is 11.4. The third kappa shape index (κ3) is 8.33. The highest BCUT2D eigenvalue weighted by molar-refractivity contribution is 7.92. The molecule has 0 heterocycles. The second-order valence-corrected chi connectivity index (χ2v) is 12.7. The van der Waals surface area contributed by atoms with E-state index in [1.54, 1.807) is 42.5 Å². The molecule has 0 aliphatic heterocycles. The Balaban J connectivity index is 2.07. The van der Waals surface area contributed by atoms with Crippen LogP contribution in [-0.4, -0.2) is 49.9 Å². The zero-order valence-electron chi connectivity index (χ0n) is 24.8. The lowest BCUT2D eigenvalue weighted by Gasteiger charge is -2.35. The molecule has 8 nitrogen and oxygen atoms in total. The monoisotopic (exact) mass is 579 g/mol. The Morgan fingerprint density at radius 1 is 0.902 bits per heavy atom. The number of nitrogens with one attached hydrogen (secondary N) is 1. The van der Waals surface area contributed by atoms with Crippen LogP contribution in [0.25, 0.3) is 0 Å². The van der Waals surface area contributed by atoms with Crippen molar-refractivity contribution in [1.82, 2.24) is 10.2 Å². The van der Waals surface area contributed by atoms with Gasteiger partial charge in [0.1, 0.15) is 18.3 Å². The van der Waals surface area contributed by atoms with Crippen molar-refractivity contribution >= 4 is 27.5 Å². The van der Waals surface area contributed by atoms with Gasteiger partial charge in [0.2, 0.25) is 11.8 Å². The van der Waals surface area contributed by atoms with Crippen LogP contribution in [0.2, 0.25) is 0 Å². The molecule has 0 bridgehead atoms. The summed E-state index contributed by atoms with van der Waals surface area (Å²) < 4.78 is 34.5. The van der Waals surface area contributed by atoms with E-state index in [9.17, 15) is 18.0 Å². The molecular formula is C32H41N3O5S. The molecule has 0 aliphatic rings. The van der Waals surface area contributed by atoms with Crippen LogP contribution in [0.3, 0.4) is 0 Å². The molecule has 220 valence electrons. The van der Waals surface area contributed by atoms with Crippen LogP contribution in [0.15, 0.2) is 83.8 Å². The maximum Gasteiger partial charge on any atom is 0.264 e. The molecule has 1 atom stereocenters. The summed E-state index contributed by atoms with van der Waals surface area (Å²) in [5.74, 6) is -0.191. The predicted molar refractivity (Wildman–Crippen MR) is 162 cm³/mol. The van der Waals surface area contributed by atoms with Gasteiger partial charge in [-0.2, -0.15) is 0 Å². The third-order valence-corrected chi connectivity index (χ3v) is 8.32. The smallest absolute Gasteiger partial charge is 0.264 e. The van der Waals surface area contributed by atoms with Crippen LogP contribution in [0.1, 0.15) is 52.2 Å². The highest BCUT2D eigenvalue weighted by Gasteiger charge is 2.34. The maximum atomic E-state index is 14.2. The highest BCUT2D eigenvalue weighted by Crippen LogP contribution is 2.27. The number of aryl methyl sites for hydroxylation is 1. The van der Waals surface area contributed by atoms with E-state index in [0.717, 1.165) is 15.4 Å². The highest BCUT2D eigenvalue weighted by atomic mass is 32.2. The molecule has 0 aliphatic carbocycles. The van der Waals surface area contributed by atoms with E-state index in [1.807, 2.05) is 65.8 Å². The zero-order chi connectivity index (χ0) is 30.2. The van der Waals surface area contributed by atoms with Gasteiger partial charge >= 0.3 is 0 Å². The fraction of sp³-hybridized carbons (Fsp3) is 0.375. The van der Waals surface area contributed by atoms with Gasteiger partial charge in [0, 0.05) is 12.1 Å². The van der Waals surface area contributed by atoms with Gasteiger partial charge in [0.05, 0.1) is 17.2 Å². The number of hydrogen-bond donors (Lipinski definition) is 1. The first-order valence-electron chi connectivity index (χ1n) is 13.8. The Hall–Kier alpha value is -3.85. The van der Waals surface area contributed by atoms with Gasteiger partial charge in [-0.25, -0.2) is 8.42 Å². The van der Waals surface area contributed by atoms with Crippen molar-refractivity contribution < 1.29 is 22.7 Å². The molecule has 0 spiro atoms. The van der Waals surface area contributed by atoms with Crippen LogP contribution >= 0.6 is 0 Å². The lowest BCUT2D eigenvalue weighted by atomic mass is 10.0. The van der Waals surface area contributed by atoms with Gasteiger partial charge in [0.25, 0.3) is 10.0 Å². The predicted octanol–water partition coefficient (Wildman–Crippen LogP) is 5.31. The number of carbonyl (C=O) groups excluding carboxylic acids is 2. The topological polar surface area (TPSA) is 96.0 Å². The van der Waals surface area contributed by atoms with E-state index < -0.39 is 34.1 Å². The maximum absolute atomic E-state index is 14.2. The molecule has 0 saturated carbocycles. The molecule has 1 N–H and O–H groups in total. The van der Waals surface area contributed by atoms with Gasteiger partial charge in [-0.1, -0.05) is 49.4 Å². The first-order chi connectivity index (χ1) is 19.4. The molecule has 3 rings (SSSR count). The number of rotatable bonds is 12. The minimum absolute atomic E-state index is 0.0599. The Morgan fingerprint density at radius 3 is 2.07 bits per heavy atom. The Kier molecular flexibility index (Phi) is 10.6. The number of anilines is 1. The number of carbonyl (C=O) groups is 2. The molecule has 3 aromatic carbocycles. The van der Waals surface area contributed by atoms with Gasteiger partial charge in [0.15, 0.2) is 0 Å². The van der Waals surface area contributed by atoms with Gasteiger partial charge in [-0.15, -0.1) is 0 Å². The lowest BCUT2D eigenvalue weighted by Crippen LogP contribution is -2.55. The first kappa shape index (κ1) is 31.7. The van der Waals surface area contributed by atoms with Gasteiger partial charge in [-0.05, 0) is 88.6 Å². The molecule has 41 heavy (non-hydrogen) atoms. The molecule has 1 unspecified atom stereocenters. The van der Waals surface area contributed by atoms with Gasteiger partial charge < -0.3 is 15.0 Å². The summed E-state index contributed by atoms with van der Waals surface area (Å²) in [6.07, 6.45) is 0.355. The van der Waals surface area contributed by atoms with Crippen molar-refractivity contribution in [1.29, 1.82) is 0 Å². The molecule has 2 amide bonds. The average molecular weight is 580 g/mol. The van der Waals surface area contributed by atoms with Crippen LogP contribution in [0.4, 0.5) is 5.69 Å². The van der Waals surface area contributed by atoms with Crippen molar-refractivity contribution in [3.63, 3.8) is 0 Å². The quantitative estimate of drug-likeness (QED) is 0.314. The number of amides is 2. The largest absolute Gasteiger partial charge is 0.494 e. The van der Waals surface area contributed by atoms with Crippen molar-refractivity contribution in [2.45, 2.75) is 71.0 Å². The van der Waals surface area contributed by atoms with E-state index >= 15 is 0 Å². The van der Waals surface area contributed by atoms with Gasteiger partial charge in [-0.3, -0.25) is 13.9 Å². The fourth-order valence-corrected chi connectivity index (χ4v) is 5.90. The summed E-state index contributed by atoms with van der Waals surface area (Å²) in [4.78, 5) is 29.2. The second-order valence-electron chi connectivity index (χ2n) is 10.9. The van der Waals surface area contributed by atoms with Crippen molar-refractivity contribution in [2.24, 2.45) is 0 Å². The van der Waals surface area contributed by atoms with E-state index in [1.165, 1.54) is 17.0 Å². The molecule has 3 aromatic rings. The zero-order valence-corrected chi connectivity index (χ0v) is 25.6. The summed E-state index contributed by atoms with van der Waals surface area (Å²) in [5.41, 5.74) is 1.65. The number of benzene rings is 3. The van der Waals surface area contributed by atoms with Crippen LogP contribution < -0.4 is 14.4 Å². The Bertz CT molecular complexity index is 1420. The van der Waals surface area contributed by atoms with Crippen molar-refractivity contribution in [2.75, 3.05) is 17.5 Å². The first-order valence-corrected chi connectivity index (χ1v) is 15.3. The molecule has 0 aromatic heterocycles. The summed E-state index contributed by atoms with van der Waals surface area (Å²) in [5, 5.41) is 2.99. The average Bonchev–Trinajstić information content (AvgIpc) is 2.92. The normalized spacial score (nSPS) is 12.3. The Labute approximate surface area is 244 Å². The second kappa shape index (κ2) is 13.7. The minimum Gasteiger partial charge on any atom is -0.494 e. The molecule has 0 saturated heterocycles. The van der Waals surface area contributed by atoms with Crippen molar-refractivity contribution in [3.8, 4) is 5.75 Å². The summed E-state index contributed by atoms with van der Waals surface area (Å²) in [7, 11) is -4.13. The number of ether oxygens (including phenoxy) is 1.